The average Bonchev–Trinajstić information content (AvgIpc) is 2.39. The second kappa shape index (κ2) is 6.24. The summed E-state index contributed by atoms with van der Waals surface area (Å²) in [5, 5.41) is 3.48. The molecular formula is C16H25NO. The van der Waals surface area contributed by atoms with Gasteiger partial charge in [-0.3, -0.25) is 0 Å². The SMILES string of the molecule is COc1cc(CC2CCCNC2)ccc1C(C)C. The molecule has 2 heteroatoms. The van der Waals surface area contributed by atoms with E-state index in [1.165, 1.54) is 36.9 Å². The van der Waals surface area contributed by atoms with Crippen molar-refractivity contribution >= 4 is 0 Å². The van der Waals surface area contributed by atoms with E-state index >= 15 is 0 Å². The van der Waals surface area contributed by atoms with Gasteiger partial charge in [-0.1, -0.05) is 26.0 Å². The second-order valence-corrected chi connectivity index (χ2v) is 5.65. The van der Waals surface area contributed by atoms with Crippen molar-refractivity contribution < 1.29 is 4.74 Å². The molecule has 1 saturated heterocycles. The van der Waals surface area contributed by atoms with E-state index in [2.05, 4.69) is 37.4 Å². The summed E-state index contributed by atoms with van der Waals surface area (Å²) >= 11 is 0. The maximum atomic E-state index is 5.52. The van der Waals surface area contributed by atoms with Crippen LogP contribution >= 0.6 is 0 Å². The molecule has 0 saturated carbocycles. The van der Waals surface area contributed by atoms with Crippen molar-refractivity contribution in [3.63, 3.8) is 0 Å². The first kappa shape index (κ1) is 13.4. The van der Waals surface area contributed by atoms with Crippen LogP contribution in [0.15, 0.2) is 18.2 Å². The smallest absolute Gasteiger partial charge is 0.122 e. The lowest BCUT2D eigenvalue weighted by molar-refractivity contribution is 0.374. The molecule has 1 aromatic carbocycles. The molecule has 100 valence electrons. The van der Waals surface area contributed by atoms with E-state index in [1.807, 2.05) is 0 Å². The number of nitrogens with one attached hydrogen (secondary N) is 1. The Labute approximate surface area is 111 Å². The molecule has 1 unspecified atom stereocenters. The minimum Gasteiger partial charge on any atom is -0.496 e. The van der Waals surface area contributed by atoms with Gasteiger partial charge >= 0.3 is 0 Å². The van der Waals surface area contributed by atoms with Crippen molar-refractivity contribution in [3.05, 3.63) is 29.3 Å². The first-order valence-corrected chi connectivity index (χ1v) is 7.08. The molecule has 1 N–H and O–H groups in total. The van der Waals surface area contributed by atoms with E-state index in [0.717, 1.165) is 18.2 Å². The number of benzene rings is 1. The van der Waals surface area contributed by atoms with Crippen molar-refractivity contribution in [1.82, 2.24) is 5.32 Å². The Hall–Kier alpha value is -1.02. The molecule has 1 aliphatic rings. The molecule has 18 heavy (non-hydrogen) atoms. The molecular weight excluding hydrogens is 222 g/mol. The van der Waals surface area contributed by atoms with Gasteiger partial charge in [-0.05, 0) is 61.4 Å². The molecule has 1 fully saturated rings. The van der Waals surface area contributed by atoms with Crippen LogP contribution in [-0.4, -0.2) is 20.2 Å². The lowest BCUT2D eigenvalue weighted by atomic mass is 9.91. The Morgan fingerprint density at radius 3 is 2.83 bits per heavy atom. The number of hydrogen-bond acceptors (Lipinski definition) is 2. The van der Waals surface area contributed by atoms with E-state index < -0.39 is 0 Å². The topological polar surface area (TPSA) is 21.3 Å². The summed E-state index contributed by atoms with van der Waals surface area (Å²) in [5.74, 6) is 2.35. The van der Waals surface area contributed by atoms with Crippen molar-refractivity contribution in [2.45, 2.75) is 39.0 Å². The average molecular weight is 247 g/mol. The molecule has 0 aromatic heterocycles. The van der Waals surface area contributed by atoms with Crippen LogP contribution in [0, 0.1) is 5.92 Å². The molecule has 1 aromatic rings. The molecule has 2 nitrogen and oxygen atoms in total. The maximum Gasteiger partial charge on any atom is 0.122 e. The van der Waals surface area contributed by atoms with Gasteiger partial charge in [-0.2, -0.15) is 0 Å². The van der Waals surface area contributed by atoms with E-state index in [9.17, 15) is 0 Å². The highest BCUT2D eigenvalue weighted by atomic mass is 16.5. The fraction of sp³-hybridized carbons (Fsp3) is 0.625. The Bertz CT molecular complexity index is 381. The Morgan fingerprint density at radius 2 is 2.22 bits per heavy atom. The number of ether oxygens (including phenoxy) is 1. The fourth-order valence-electron chi connectivity index (χ4n) is 2.79. The summed E-state index contributed by atoms with van der Waals surface area (Å²) in [5.41, 5.74) is 2.72. The third-order valence-electron chi connectivity index (χ3n) is 3.84. The molecule has 1 aliphatic heterocycles. The largest absolute Gasteiger partial charge is 0.496 e. The normalized spacial score (nSPS) is 20.1. The quantitative estimate of drug-likeness (QED) is 0.881. The first-order chi connectivity index (χ1) is 8.70. The van der Waals surface area contributed by atoms with Crippen LogP contribution in [0.2, 0.25) is 0 Å². The van der Waals surface area contributed by atoms with Gasteiger partial charge in [-0.25, -0.2) is 0 Å². The lowest BCUT2D eigenvalue weighted by Gasteiger charge is -2.23. The van der Waals surface area contributed by atoms with Gasteiger partial charge in [0.05, 0.1) is 7.11 Å². The predicted molar refractivity (Wildman–Crippen MR) is 76.4 cm³/mol. The Morgan fingerprint density at radius 1 is 1.39 bits per heavy atom. The summed E-state index contributed by atoms with van der Waals surface area (Å²) in [4.78, 5) is 0. The van der Waals surface area contributed by atoms with Crippen molar-refractivity contribution in [2.75, 3.05) is 20.2 Å². The monoisotopic (exact) mass is 247 g/mol. The molecule has 1 atom stereocenters. The number of piperidine rings is 1. The van der Waals surface area contributed by atoms with Crippen LogP contribution in [-0.2, 0) is 6.42 Å². The molecule has 0 bridgehead atoms. The summed E-state index contributed by atoms with van der Waals surface area (Å²) in [6, 6.07) is 6.73. The first-order valence-electron chi connectivity index (χ1n) is 7.08. The minimum atomic E-state index is 0.519. The number of hydrogen-bond donors (Lipinski definition) is 1. The third kappa shape index (κ3) is 3.26. The predicted octanol–water partition coefficient (Wildman–Crippen LogP) is 3.36. The van der Waals surface area contributed by atoms with Crippen LogP contribution < -0.4 is 10.1 Å². The van der Waals surface area contributed by atoms with Crippen LogP contribution in [0.25, 0.3) is 0 Å². The second-order valence-electron chi connectivity index (χ2n) is 5.65. The fourth-order valence-corrected chi connectivity index (χ4v) is 2.79. The van der Waals surface area contributed by atoms with Gasteiger partial charge in [-0.15, -0.1) is 0 Å². The Kier molecular flexibility index (Phi) is 4.65. The van der Waals surface area contributed by atoms with Gasteiger partial charge < -0.3 is 10.1 Å². The van der Waals surface area contributed by atoms with Gasteiger partial charge in [0.25, 0.3) is 0 Å². The molecule has 0 spiro atoms. The minimum absolute atomic E-state index is 0.519. The highest BCUT2D eigenvalue weighted by Crippen LogP contribution is 2.28. The van der Waals surface area contributed by atoms with Crippen LogP contribution in [0.3, 0.4) is 0 Å². The summed E-state index contributed by atoms with van der Waals surface area (Å²) in [6.07, 6.45) is 3.83. The molecule has 1 heterocycles. The van der Waals surface area contributed by atoms with Gasteiger partial charge in [0.2, 0.25) is 0 Å². The number of methoxy groups -OCH3 is 1. The zero-order chi connectivity index (χ0) is 13.0. The highest BCUT2D eigenvalue weighted by Gasteiger charge is 2.15. The zero-order valence-electron chi connectivity index (χ0n) is 11.8. The molecule has 0 radical (unpaired) electrons. The Balaban J connectivity index is 2.09. The van der Waals surface area contributed by atoms with E-state index in [0.29, 0.717) is 5.92 Å². The van der Waals surface area contributed by atoms with E-state index in [4.69, 9.17) is 4.74 Å². The van der Waals surface area contributed by atoms with Crippen LogP contribution in [0.4, 0.5) is 0 Å². The molecule has 0 aliphatic carbocycles. The number of rotatable bonds is 4. The summed E-state index contributed by atoms with van der Waals surface area (Å²) in [6.45, 7) is 6.77. The maximum absolute atomic E-state index is 5.52. The van der Waals surface area contributed by atoms with Crippen molar-refractivity contribution in [2.24, 2.45) is 5.92 Å². The molecule has 0 amide bonds. The lowest BCUT2D eigenvalue weighted by Crippen LogP contribution is -2.30. The summed E-state index contributed by atoms with van der Waals surface area (Å²) in [7, 11) is 1.77. The van der Waals surface area contributed by atoms with Crippen molar-refractivity contribution in [1.29, 1.82) is 0 Å². The van der Waals surface area contributed by atoms with Crippen LogP contribution in [0.5, 0.6) is 5.75 Å². The molecule has 2 rings (SSSR count). The zero-order valence-corrected chi connectivity index (χ0v) is 11.8. The van der Waals surface area contributed by atoms with Gasteiger partial charge in [0.1, 0.15) is 5.75 Å². The summed E-state index contributed by atoms with van der Waals surface area (Å²) < 4.78 is 5.52. The highest BCUT2D eigenvalue weighted by molar-refractivity contribution is 5.39. The van der Waals surface area contributed by atoms with Gasteiger partial charge in [0, 0.05) is 0 Å². The third-order valence-corrected chi connectivity index (χ3v) is 3.84. The van der Waals surface area contributed by atoms with Crippen molar-refractivity contribution in [3.8, 4) is 5.75 Å². The van der Waals surface area contributed by atoms with E-state index in [1.54, 1.807) is 7.11 Å². The van der Waals surface area contributed by atoms with Crippen LogP contribution in [0.1, 0.15) is 43.7 Å². The van der Waals surface area contributed by atoms with E-state index in [-0.39, 0.29) is 0 Å². The standard InChI is InChI=1S/C16H25NO/c1-12(2)15-7-6-13(10-16(15)18-3)9-14-5-4-8-17-11-14/h6-7,10,12,14,17H,4-5,8-9,11H2,1-3H3. The van der Waals surface area contributed by atoms with Gasteiger partial charge in [0.15, 0.2) is 0 Å².